The molecular weight excluding hydrogens is 196 g/mol. The Balaban J connectivity index is 2.12. The van der Waals surface area contributed by atoms with Crippen molar-refractivity contribution in [3.63, 3.8) is 0 Å². The fourth-order valence-electron chi connectivity index (χ4n) is 1.63. The van der Waals surface area contributed by atoms with Gasteiger partial charge in [-0.2, -0.15) is 4.37 Å². The average molecular weight is 212 g/mol. The predicted molar refractivity (Wildman–Crippen MR) is 59.0 cm³/mol. The highest BCUT2D eigenvalue weighted by Gasteiger charge is 2.20. The van der Waals surface area contributed by atoms with Crippen molar-refractivity contribution in [2.45, 2.75) is 26.3 Å². The molecule has 1 aliphatic rings. The minimum atomic E-state index is 0.529. The summed E-state index contributed by atoms with van der Waals surface area (Å²) in [6.07, 6.45) is 0.928. The second kappa shape index (κ2) is 4.23. The number of rotatable bonds is 2. The van der Waals surface area contributed by atoms with Crippen LogP contribution in [0.1, 0.15) is 19.7 Å². The third-order valence-electron chi connectivity index (χ3n) is 2.52. The van der Waals surface area contributed by atoms with Crippen molar-refractivity contribution in [3.8, 4) is 0 Å². The number of hydrogen-bond acceptors (Lipinski definition) is 5. The van der Waals surface area contributed by atoms with Gasteiger partial charge >= 0.3 is 0 Å². The van der Waals surface area contributed by atoms with Gasteiger partial charge in [0.2, 0.25) is 5.13 Å². The number of anilines is 1. The molecule has 1 unspecified atom stereocenters. The number of aryl methyl sites for hydroxylation is 1. The largest absolute Gasteiger partial charge is 0.342 e. The molecule has 0 saturated carbocycles. The molecule has 0 aliphatic carbocycles. The van der Waals surface area contributed by atoms with Crippen molar-refractivity contribution >= 4 is 16.7 Å². The van der Waals surface area contributed by atoms with E-state index in [9.17, 15) is 0 Å². The zero-order valence-corrected chi connectivity index (χ0v) is 9.47. The maximum Gasteiger partial charge on any atom is 0.205 e. The molecule has 0 amide bonds. The first-order chi connectivity index (χ1) is 6.81. The molecule has 5 heteroatoms. The zero-order chi connectivity index (χ0) is 9.97. The Morgan fingerprint density at radius 1 is 1.64 bits per heavy atom. The maximum absolute atomic E-state index is 4.51. The quantitative estimate of drug-likeness (QED) is 0.791. The third-order valence-corrected chi connectivity index (χ3v) is 3.31. The van der Waals surface area contributed by atoms with Gasteiger partial charge in [-0.1, -0.05) is 6.92 Å². The van der Waals surface area contributed by atoms with E-state index in [1.54, 1.807) is 0 Å². The lowest BCUT2D eigenvalue weighted by atomic mass is 10.2. The van der Waals surface area contributed by atoms with Crippen LogP contribution in [0.2, 0.25) is 0 Å². The summed E-state index contributed by atoms with van der Waals surface area (Å²) in [4.78, 5) is 6.85. The Hall–Kier alpha value is -0.680. The molecule has 14 heavy (non-hydrogen) atoms. The van der Waals surface area contributed by atoms with Gasteiger partial charge in [0.1, 0.15) is 5.82 Å². The predicted octanol–water partition coefficient (Wildman–Crippen LogP) is 0.899. The van der Waals surface area contributed by atoms with Crippen molar-refractivity contribution in [2.75, 3.05) is 24.5 Å². The number of nitrogens with zero attached hydrogens (tertiary/aromatic N) is 3. The molecule has 1 N–H and O–H groups in total. The lowest BCUT2D eigenvalue weighted by molar-refractivity contribution is 0.500. The molecular formula is C9H16N4S. The highest BCUT2D eigenvalue weighted by molar-refractivity contribution is 7.09. The van der Waals surface area contributed by atoms with Crippen molar-refractivity contribution in [2.24, 2.45) is 0 Å². The van der Waals surface area contributed by atoms with E-state index in [4.69, 9.17) is 0 Å². The molecule has 1 aliphatic heterocycles. The smallest absolute Gasteiger partial charge is 0.205 e. The maximum atomic E-state index is 4.51. The standard InChI is InChI=1S/C9H16N4S/c1-3-8-11-9(14-12-8)13-5-4-10-6-7(13)2/h7,10H,3-6H2,1-2H3. The van der Waals surface area contributed by atoms with Crippen LogP contribution in [0.25, 0.3) is 0 Å². The summed E-state index contributed by atoms with van der Waals surface area (Å²) in [5.41, 5.74) is 0. The van der Waals surface area contributed by atoms with Gasteiger partial charge in [-0.05, 0) is 6.92 Å². The van der Waals surface area contributed by atoms with Gasteiger partial charge in [0, 0.05) is 43.6 Å². The fraction of sp³-hybridized carbons (Fsp3) is 0.778. The summed E-state index contributed by atoms with van der Waals surface area (Å²) in [5, 5.41) is 4.45. The monoisotopic (exact) mass is 212 g/mol. The summed E-state index contributed by atoms with van der Waals surface area (Å²) in [7, 11) is 0. The summed E-state index contributed by atoms with van der Waals surface area (Å²) in [6.45, 7) is 7.44. The molecule has 1 aromatic heterocycles. The summed E-state index contributed by atoms with van der Waals surface area (Å²) in [6, 6.07) is 0.529. The van der Waals surface area contributed by atoms with E-state index in [0.717, 1.165) is 37.0 Å². The van der Waals surface area contributed by atoms with E-state index >= 15 is 0 Å². The molecule has 0 aromatic carbocycles. The normalized spacial score (nSPS) is 22.7. The zero-order valence-electron chi connectivity index (χ0n) is 8.66. The Kier molecular flexibility index (Phi) is 2.98. The van der Waals surface area contributed by atoms with Crippen LogP contribution in [0.15, 0.2) is 0 Å². The Morgan fingerprint density at radius 2 is 2.50 bits per heavy atom. The number of nitrogens with one attached hydrogen (secondary N) is 1. The van der Waals surface area contributed by atoms with Gasteiger partial charge in [-0.25, -0.2) is 4.98 Å². The van der Waals surface area contributed by atoms with Crippen LogP contribution in [-0.2, 0) is 6.42 Å². The summed E-state index contributed by atoms with van der Waals surface area (Å²) >= 11 is 1.52. The molecule has 4 nitrogen and oxygen atoms in total. The van der Waals surface area contributed by atoms with Crippen LogP contribution in [0.3, 0.4) is 0 Å². The van der Waals surface area contributed by atoms with E-state index in [1.165, 1.54) is 11.5 Å². The lowest BCUT2D eigenvalue weighted by Crippen LogP contribution is -2.49. The SMILES string of the molecule is CCc1nsc(N2CCNCC2C)n1. The summed E-state index contributed by atoms with van der Waals surface area (Å²) in [5.74, 6) is 0.968. The summed E-state index contributed by atoms with van der Waals surface area (Å²) < 4.78 is 4.31. The van der Waals surface area contributed by atoms with Crippen molar-refractivity contribution in [3.05, 3.63) is 5.82 Å². The second-order valence-electron chi connectivity index (χ2n) is 3.59. The van der Waals surface area contributed by atoms with Gasteiger partial charge in [-0.3, -0.25) is 0 Å². The highest BCUT2D eigenvalue weighted by Crippen LogP contribution is 2.20. The van der Waals surface area contributed by atoms with E-state index < -0.39 is 0 Å². The van der Waals surface area contributed by atoms with E-state index in [0.29, 0.717) is 6.04 Å². The Bertz CT molecular complexity index is 299. The van der Waals surface area contributed by atoms with Gasteiger partial charge < -0.3 is 10.2 Å². The van der Waals surface area contributed by atoms with Crippen LogP contribution in [0.4, 0.5) is 5.13 Å². The van der Waals surface area contributed by atoms with Crippen LogP contribution in [0, 0.1) is 0 Å². The van der Waals surface area contributed by atoms with Crippen molar-refractivity contribution in [1.29, 1.82) is 0 Å². The lowest BCUT2D eigenvalue weighted by Gasteiger charge is -2.33. The molecule has 2 rings (SSSR count). The van der Waals surface area contributed by atoms with E-state index in [2.05, 4.69) is 33.4 Å². The molecule has 78 valence electrons. The van der Waals surface area contributed by atoms with Crippen LogP contribution < -0.4 is 10.2 Å². The van der Waals surface area contributed by atoms with Gasteiger partial charge in [0.15, 0.2) is 0 Å². The first kappa shape index (κ1) is 9.86. The highest BCUT2D eigenvalue weighted by atomic mass is 32.1. The minimum Gasteiger partial charge on any atom is -0.342 e. The number of piperazine rings is 1. The van der Waals surface area contributed by atoms with E-state index in [1.807, 2.05) is 0 Å². The van der Waals surface area contributed by atoms with Gasteiger partial charge in [0.25, 0.3) is 0 Å². The minimum absolute atomic E-state index is 0.529. The molecule has 2 heterocycles. The molecule has 1 saturated heterocycles. The van der Waals surface area contributed by atoms with E-state index in [-0.39, 0.29) is 0 Å². The second-order valence-corrected chi connectivity index (χ2v) is 4.32. The first-order valence-corrected chi connectivity index (χ1v) is 5.88. The molecule has 1 aromatic rings. The number of aromatic nitrogens is 2. The molecule has 0 spiro atoms. The van der Waals surface area contributed by atoms with Gasteiger partial charge in [0.05, 0.1) is 0 Å². The fourth-order valence-corrected chi connectivity index (χ4v) is 2.51. The first-order valence-electron chi connectivity index (χ1n) is 5.11. The van der Waals surface area contributed by atoms with Crippen molar-refractivity contribution in [1.82, 2.24) is 14.7 Å². The van der Waals surface area contributed by atoms with Crippen molar-refractivity contribution < 1.29 is 0 Å². The number of hydrogen-bond donors (Lipinski definition) is 1. The van der Waals surface area contributed by atoms with Gasteiger partial charge in [-0.15, -0.1) is 0 Å². The average Bonchev–Trinajstić information content (AvgIpc) is 2.67. The molecule has 1 fully saturated rings. The molecule has 0 radical (unpaired) electrons. The molecule has 1 atom stereocenters. The molecule has 0 bridgehead atoms. The van der Waals surface area contributed by atoms with Crippen LogP contribution >= 0.6 is 11.5 Å². The Labute approximate surface area is 88.5 Å². The van der Waals surface area contributed by atoms with Crippen LogP contribution in [0.5, 0.6) is 0 Å². The Morgan fingerprint density at radius 3 is 3.14 bits per heavy atom. The van der Waals surface area contributed by atoms with Crippen LogP contribution in [-0.4, -0.2) is 35.0 Å². The third kappa shape index (κ3) is 1.88. The topological polar surface area (TPSA) is 41.1 Å².